The topological polar surface area (TPSA) is 130 Å². The lowest BCUT2D eigenvalue weighted by Crippen LogP contribution is -2.42. The molecule has 0 fully saturated rings. The highest BCUT2D eigenvalue weighted by Gasteiger charge is 2.25. The molecule has 0 aliphatic carbocycles. The van der Waals surface area contributed by atoms with Crippen molar-refractivity contribution in [2.24, 2.45) is 0 Å². The largest absolute Gasteiger partial charge is 0.481 e. The molecule has 112 valence electrons. The molecule has 0 saturated heterocycles. The number of carboxylic acid groups (broad SMARTS) is 2. The number of rotatable bonds is 6. The van der Waals surface area contributed by atoms with E-state index in [9.17, 15) is 19.2 Å². The van der Waals surface area contributed by atoms with Crippen LogP contribution >= 0.6 is 0 Å². The van der Waals surface area contributed by atoms with E-state index in [4.69, 9.17) is 10.2 Å². The van der Waals surface area contributed by atoms with Crippen molar-refractivity contribution in [2.75, 3.05) is 7.11 Å². The fourth-order valence-corrected chi connectivity index (χ4v) is 1.58. The van der Waals surface area contributed by atoms with Crippen LogP contribution in [0.15, 0.2) is 24.3 Å². The molecule has 0 aromatic heterocycles. The van der Waals surface area contributed by atoms with Crippen LogP contribution in [0.3, 0.4) is 0 Å². The van der Waals surface area contributed by atoms with Crippen LogP contribution in [0.4, 0.5) is 0 Å². The van der Waals surface area contributed by atoms with Crippen molar-refractivity contribution in [1.82, 2.24) is 5.32 Å². The second-order valence-electron chi connectivity index (χ2n) is 4.00. The summed E-state index contributed by atoms with van der Waals surface area (Å²) < 4.78 is 4.51. The van der Waals surface area contributed by atoms with E-state index in [-0.39, 0.29) is 11.1 Å². The predicted molar refractivity (Wildman–Crippen MR) is 68.9 cm³/mol. The lowest BCUT2D eigenvalue weighted by molar-refractivity contribution is -0.145. The zero-order valence-electron chi connectivity index (χ0n) is 11.0. The first-order chi connectivity index (χ1) is 9.86. The molecule has 0 bridgehead atoms. The average Bonchev–Trinajstić information content (AvgIpc) is 2.45. The molecule has 1 aromatic rings. The lowest BCUT2D eigenvalue weighted by atomic mass is 10.1. The molecule has 8 heteroatoms. The molecule has 0 saturated carbocycles. The Morgan fingerprint density at radius 1 is 1.14 bits per heavy atom. The summed E-state index contributed by atoms with van der Waals surface area (Å²) >= 11 is 0. The molecule has 0 radical (unpaired) electrons. The number of carboxylic acids is 2. The minimum Gasteiger partial charge on any atom is -0.481 e. The molecule has 1 rings (SSSR count). The van der Waals surface area contributed by atoms with Crippen molar-refractivity contribution in [3.8, 4) is 0 Å². The first-order valence-electron chi connectivity index (χ1n) is 5.79. The van der Waals surface area contributed by atoms with Gasteiger partial charge >= 0.3 is 17.9 Å². The number of aliphatic carboxylic acids is 2. The molecule has 1 unspecified atom stereocenters. The van der Waals surface area contributed by atoms with Crippen LogP contribution in [-0.4, -0.2) is 47.2 Å². The number of hydrogen-bond donors (Lipinski definition) is 3. The van der Waals surface area contributed by atoms with Gasteiger partial charge in [-0.1, -0.05) is 12.1 Å². The standard InChI is InChI=1S/C13H13NO7/c1-21-13(20)8-5-3-2-4-7(8)11(17)14-9(12(18)19)6-10(15)16/h2-5,9H,6H2,1H3,(H,14,17)(H,15,16)(H,18,19). The number of methoxy groups -OCH3 is 1. The third kappa shape index (κ3) is 4.30. The molecule has 21 heavy (non-hydrogen) atoms. The van der Waals surface area contributed by atoms with Crippen LogP contribution in [-0.2, 0) is 14.3 Å². The second kappa shape index (κ2) is 7.04. The van der Waals surface area contributed by atoms with Gasteiger partial charge in [0, 0.05) is 0 Å². The molecule has 1 aromatic carbocycles. The van der Waals surface area contributed by atoms with Crippen molar-refractivity contribution < 1.29 is 34.1 Å². The van der Waals surface area contributed by atoms with E-state index in [0.29, 0.717) is 0 Å². The Labute approximate surface area is 119 Å². The average molecular weight is 295 g/mol. The highest BCUT2D eigenvalue weighted by atomic mass is 16.5. The molecule has 0 spiro atoms. The first-order valence-corrected chi connectivity index (χ1v) is 5.79. The van der Waals surface area contributed by atoms with Gasteiger partial charge in [-0.05, 0) is 12.1 Å². The summed E-state index contributed by atoms with van der Waals surface area (Å²) in [5.74, 6) is -4.49. The lowest BCUT2D eigenvalue weighted by Gasteiger charge is -2.13. The summed E-state index contributed by atoms with van der Waals surface area (Å²) in [6, 6.07) is 4.04. The quantitative estimate of drug-likeness (QED) is 0.636. The Morgan fingerprint density at radius 2 is 1.71 bits per heavy atom. The summed E-state index contributed by atoms with van der Waals surface area (Å²) in [5.41, 5.74) is -0.141. The monoisotopic (exact) mass is 295 g/mol. The fourth-order valence-electron chi connectivity index (χ4n) is 1.58. The van der Waals surface area contributed by atoms with Crippen LogP contribution in [0.2, 0.25) is 0 Å². The van der Waals surface area contributed by atoms with E-state index >= 15 is 0 Å². The van der Waals surface area contributed by atoms with Crippen LogP contribution in [0.5, 0.6) is 0 Å². The summed E-state index contributed by atoms with van der Waals surface area (Å²) in [6.07, 6.45) is -0.776. The van der Waals surface area contributed by atoms with E-state index < -0.39 is 36.3 Å². The summed E-state index contributed by atoms with van der Waals surface area (Å²) in [5, 5.41) is 19.5. The Morgan fingerprint density at radius 3 is 2.19 bits per heavy atom. The maximum Gasteiger partial charge on any atom is 0.338 e. The van der Waals surface area contributed by atoms with Crippen molar-refractivity contribution in [1.29, 1.82) is 0 Å². The van der Waals surface area contributed by atoms with Gasteiger partial charge in [0.05, 0.1) is 24.7 Å². The number of carbonyl (C=O) groups is 4. The van der Waals surface area contributed by atoms with Gasteiger partial charge in [0.25, 0.3) is 5.91 Å². The second-order valence-corrected chi connectivity index (χ2v) is 4.00. The normalized spacial score (nSPS) is 11.3. The van der Waals surface area contributed by atoms with Crippen LogP contribution < -0.4 is 5.32 Å². The third-order valence-corrected chi connectivity index (χ3v) is 2.56. The molecule has 1 amide bonds. The van der Waals surface area contributed by atoms with Crippen LogP contribution in [0, 0.1) is 0 Å². The van der Waals surface area contributed by atoms with Gasteiger partial charge in [0.1, 0.15) is 6.04 Å². The predicted octanol–water partition coefficient (Wildman–Crippen LogP) is 0.131. The molecular weight excluding hydrogens is 282 g/mol. The Balaban J connectivity index is 3.00. The minimum absolute atomic E-state index is 0.0445. The van der Waals surface area contributed by atoms with E-state index in [1.165, 1.54) is 24.3 Å². The first kappa shape index (κ1) is 16.2. The van der Waals surface area contributed by atoms with E-state index in [2.05, 4.69) is 10.1 Å². The molecule has 3 N–H and O–H groups in total. The summed E-state index contributed by atoms with van der Waals surface area (Å²) in [4.78, 5) is 45.0. The van der Waals surface area contributed by atoms with Gasteiger partial charge in [0.15, 0.2) is 0 Å². The molecular formula is C13H13NO7. The Kier molecular flexibility index (Phi) is 5.41. The van der Waals surface area contributed by atoms with Crippen LogP contribution in [0.25, 0.3) is 0 Å². The number of carbonyl (C=O) groups excluding carboxylic acids is 2. The van der Waals surface area contributed by atoms with Gasteiger partial charge in [-0.15, -0.1) is 0 Å². The highest BCUT2D eigenvalue weighted by Crippen LogP contribution is 2.10. The highest BCUT2D eigenvalue weighted by molar-refractivity contribution is 6.06. The van der Waals surface area contributed by atoms with E-state index in [1.54, 1.807) is 0 Å². The van der Waals surface area contributed by atoms with Gasteiger partial charge < -0.3 is 20.3 Å². The molecule has 1 atom stereocenters. The van der Waals surface area contributed by atoms with Crippen molar-refractivity contribution in [3.63, 3.8) is 0 Å². The smallest absolute Gasteiger partial charge is 0.338 e. The van der Waals surface area contributed by atoms with Crippen molar-refractivity contribution in [3.05, 3.63) is 35.4 Å². The zero-order valence-corrected chi connectivity index (χ0v) is 11.0. The van der Waals surface area contributed by atoms with E-state index in [0.717, 1.165) is 7.11 Å². The molecule has 0 aliphatic rings. The van der Waals surface area contributed by atoms with Gasteiger partial charge in [-0.25, -0.2) is 9.59 Å². The maximum absolute atomic E-state index is 12.0. The number of benzene rings is 1. The number of ether oxygens (including phenoxy) is 1. The fraction of sp³-hybridized carbons (Fsp3) is 0.231. The number of esters is 1. The SMILES string of the molecule is COC(=O)c1ccccc1C(=O)NC(CC(=O)O)C(=O)O. The van der Waals surface area contributed by atoms with Crippen LogP contribution in [0.1, 0.15) is 27.1 Å². The van der Waals surface area contributed by atoms with Crippen molar-refractivity contribution in [2.45, 2.75) is 12.5 Å². The zero-order chi connectivity index (χ0) is 16.0. The van der Waals surface area contributed by atoms with E-state index in [1.807, 2.05) is 0 Å². The Bertz CT molecular complexity index is 582. The number of amides is 1. The van der Waals surface area contributed by atoms with Gasteiger partial charge in [-0.2, -0.15) is 0 Å². The number of hydrogen-bond acceptors (Lipinski definition) is 5. The summed E-state index contributed by atoms with van der Waals surface area (Å²) in [7, 11) is 1.14. The number of nitrogens with one attached hydrogen (secondary N) is 1. The summed E-state index contributed by atoms with van der Waals surface area (Å²) in [6.45, 7) is 0. The Hall–Kier alpha value is -2.90. The molecule has 0 heterocycles. The maximum atomic E-state index is 12.0. The molecule has 8 nitrogen and oxygen atoms in total. The third-order valence-electron chi connectivity index (χ3n) is 2.56. The van der Waals surface area contributed by atoms with Gasteiger partial charge in [-0.3, -0.25) is 9.59 Å². The van der Waals surface area contributed by atoms with Crippen molar-refractivity contribution >= 4 is 23.8 Å². The minimum atomic E-state index is -1.60. The van der Waals surface area contributed by atoms with Gasteiger partial charge in [0.2, 0.25) is 0 Å². The molecule has 0 aliphatic heterocycles.